The number of nitrogens with one attached hydrogen (secondary N) is 1. The minimum atomic E-state index is -1.63. The summed E-state index contributed by atoms with van der Waals surface area (Å²) in [7, 11) is 0. The van der Waals surface area contributed by atoms with Crippen molar-refractivity contribution in [1.82, 2.24) is 4.98 Å². The van der Waals surface area contributed by atoms with Gasteiger partial charge in [-0.25, -0.2) is 4.79 Å². The number of carbonyl (C=O) groups is 3. The Hall–Kier alpha value is -1.47. The van der Waals surface area contributed by atoms with Gasteiger partial charge in [-0.3, -0.25) is 9.59 Å². The van der Waals surface area contributed by atoms with Crippen molar-refractivity contribution in [1.29, 1.82) is 0 Å². The minimum Gasteiger partial charge on any atom is -0.475 e. The first-order valence-corrected chi connectivity index (χ1v) is 4.39. The molecule has 0 aliphatic heterocycles. The fraction of sp³-hybridized carbons (Fsp3) is 0. The molecule has 2 N–H and O–H groups in total. The highest BCUT2D eigenvalue weighted by Gasteiger charge is 2.20. The highest BCUT2D eigenvalue weighted by molar-refractivity contribution is 7.14. The summed E-state index contributed by atoms with van der Waals surface area (Å²) in [6, 6.07) is 0. The van der Waals surface area contributed by atoms with Gasteiger partial charge in [0.1, 0.15) is 10.0 Å². The van der Waals surface area contributed by atoms with E-state index in [2.05, 4.69) is 9.98 Å². The summed E-state index contributed by atoms with van der Waals surface area (Å²) in [5, 5.41) is 8.38. The normalized spacial score (nSPS) is 11.4. The number of hydrogen-bond acceptors (Lipinski definition) is 4. The number of Topliss-reactive ketones (excluding diaryl/α,β-unsaturated/α-hetero) is 1. The number of ketones is 1. The molecule has 0 atom stereocenters. The molecule has 1 amide bonds. The van der Waals surface area contributed by atoms with E-state index < -0.39 is 11.8 Å². The van der Waals surface area contributed by atoms with Crippen LogP contribution in [0.15, 0.2) is 4.99 Å². The Labute approximate surface area is 85.9 Å². The first-order chi connectivity index (χ1) is 6.56. The first kappa shape index (κ1) is 10.6. The number of aliphatic carboxylic acids is 1. The van der Waals surface area contributed by atoms with Gasteiger partial charge in [-0.15, -0.1) is 0 Å². The third kappa shape index (κ3) is 2.06. The van der Waals surface area contributed by atoms with Crippen LogP contribution in [0.5, 0.6) is 0 Å². The molecule has 0 aromatic carbocycles. The lowest BCUT2D eigenvalue weighted by Gasteiger charge is -1.88. The van der Waals surface area contributed by atoms with Gasteiger partial charge in [-0.1, -0.05) is 22.9 Å². The highest BCUT2D eigenvalue weighted by atomic mass is 35.5. The number of H-pyrrole nitrogens is 1. The Morgan fingerprint density at radius 3 is 2.71 bits per heavy atom. The molecule has 0 saturated carbocycles. The number of rotatable bonds is 3. The van der Waals surface area contributed by atoms with Crippen LogP contribution in [0.2, 0.25) is 4.34 Å². The highest BCUT2D eigenvalue weighted by Crippen LogP contribution is 2.16. The first-order valence-electron chi connectivity index (χ1n) is 3.20. The Morgan fingerprint density at radius 1 is 1.57 bits per heavy atom. The fourth-order valence-electron chi connectivity index (χ4n) is 0.677. The minimum absolute atomic E-state index is 0.0435. The maximum Gasteiger partial charge on any atom is 0.378 e. The number of carboxylic acids is 1. The summed E-state index contributed by atoms with van der Waals surface area (Å²) in [4.78, 5) is 36.9. The van der Waals surface area contributed by atoms with Crippen LogP contribution >= 0.6 is 22.9 Å². The number of amides is 1. The molecule has 0 saturated heterocycles. The third-order valence-electron chi connectivity index (χ3n) is 1.21. The Bertz CT molecular complexity index is 461. The van der Waals surface area contributed by atoms with E-state index in [1.807, 2.05) is 0 Å². The van der Waals surface area contributed by atoms with Crippen LogP contribution in [0.4, 0.5) is 0 Å². The Morgan fingerprint density at radius 2 is 2.21 bits per heavy atom. The van der Waals surface area contributed by atoms with Crippen molar-refractivity contribution >= 4 is 41.1 Å². The number of aromatic amines is 1. The summed E-state index contributed by atoms with van der Waals surface area (Å²) < 4.78 is -0.0435. The summed E-state index contributed by atoms with van der Waals surface area (Å²) in [5.41, 5.74) is -0.273. The molecule has 0 spiro atoms. The molecule has 0 fully saturated rings. The third-order valence-corrected chi connectivity index (χ3v) is 2.41. The zero-order valence-corrected chi connectivity index (χ0v) is 8.06. The standard InChI is InChI=1S/C6H3ClN2O4S/c7-4-2(3(11)5(12)13)9-6(14-4)8-1-10/h1H,(H,12,13)(H,8,9,10). The second-order valence-electron chi connectivity index (χ2n) is 2.05. The molecular weight excluding hydrogens is 232 g/mol. The molecule has 0 radical (unpaired) electrons. The molecule has 14 heavy (non-hydrogen) atoms. The fourth-order valence-corrected chi connectivity index (χ4v) is 1.69. The van der Waals surface area contributed by atoms with Gasteiger partial charge in [-0.05, 0) is 0 Å². The van der Waals surface area contributed by atoms with Crippen LogP contribution in [-0.4, -0.2) is 28.3 Å². The van der Waals surface area contributed by atoms with Crippen LogP contribution in [0, 0.1) is 0 Å². The summed E-state index contributed by atoms with van der Waals surface area (Å²) >= 11 is 6.36. The van der Waals surface area contributed by atoms with Gasteiger partial charge in [0.25, 0.3) is 5.78 Å². The molecule has 1 rings (SSSR count). The maximum absolute atomic E-state index is 10.9. The van der Waals surface area contributed by atoms with E-state index in [-0.39, 0.29) is 21.2 Å². The van der Waals surface area contributed by atoms with Crippen molar-refractivity contribution < 1.29 is 19.5 Å². The van der Waals surface area contributed by atoms with Crippen molar-refractivity contribution in [3.8, 4) is 0 Å². The monoisotopic (exact) mass is 234 g/mol. The molecule has 1 aromatic heterocycles. The second kappa shape index (κ2) is 4.16. The largest absolute Gasteiger partial charge is 0.475 e. The van der Waals surface area contributed by atoms with Crippen LogP contribution in [0.25, 0.3) is 0 Å². The number of thiazole rings is 1. The summed E-state index contributed by atoms with van der Waals surface area (Å²) in [5.74, 6) is -2.79. The summed E-state index contributed by atoms with van der Waals surface area (Å²) in [6.07, 6.45) is 0.258. The molecule has 8 heteroatoms. The second-order valence-corrected chi connectivity index (χ2v) is 3.65. The van der Waals surface area contributed by atoms with Crippen molar-refractivity contribution in [2.45, 2.75) is 0 Å². The van der Waals surface area contributed by atoms with Crippen LogP contribution < -0.4 is 4.80 Å². The molecule has 6 nitrogen and oxygen atoms in total. The van der Waals surface area contributed by atoms with E-state index in [1.165, 1.54) is 0 Å². The lowest BCUT2D eigenvalue weighted by atomic mass is 10.3. The van der Waals surface area contributed by atoms with Gasteiger partial charge in [0.15, 0.2) is 4.80 Å². The lowest BCUT2D eigenvalue weighted by Crippen LogP contribution is -2.15. The Kier molecular flexibility index (Phi) is 3.15. The van der Waals surface area contributed by atoms with Gasteiger partial charge >= 0.3 is 5.97 Å². The zero-order valence-electron chi connectivity index (χ0n) is 6.48. The smallest absolute Gasteiger partial charge is 0.378 e. The van der Waals surface area contributed by atoms with E-state index in [0.29, 0.717) is 0 Å². The van der Waals surface area contributed by atoms with E-state index >= 15 is 0 Å². The van der Waals surface area contributed by atoms with E-state index in [9.17, 15) is 14.4 Å². The Balaban J connectivity index is 3.23. The van der Waals surface area contributed by atoms with E-state index in [0.717, 1.165) is 11.3 Å². The van der Waals surface area contributed by atoms with Crippen molar-refractivity contribution in [3.63, 3.8) is 0 Å². The topological polar surface area (TPSA) is 99.6 Å². The number of hydrogen-bond donors (Lipinski definition) is 2. The van der Waals surface area contributed by atoms with Gasteiger partial charge in [-0.2, -0.15) is 4.99 Å². The molecule has 1 aromatic rings. The molecule has 0 bridgehead atoms. The average molecular weight is 235 g/mol. The average Bonchev–Trinajstić information content (AvgIpc) is 2.46. The van der Waals surface area contributed by atoms with E-state index in [1.54, 1.807) is 0 Å². The molecule has 74 valence electrons. The van der Waals surface area contributed by atoms with Crippen molar-refractivity contribution in [2.24, 2.45) is 4.99 Å². The predicted molar refractivity (Wildman–Crippen MR) is 47.3 cm³/mol. The molecular formula is C6H3ClN2O4S. The van der Waals surface area contributed by atoms with Crippen LogP contribution in [0.1, 0.15) is 10.5 Å². The number of aromatic nitrogens is 1. The number of carboxylic acid groups (broad SMARTS) is 1. The van der Waals surface area contributed by atoms with Crippen molar-refractivity contribution in [2.75, 3.05) is 0 Å². The summed E-state index contributed by atoms with van der Waals surface area (Å²) in [6.45, 7) is 0. The molecule has 0 aliphatic rings. The van der Waals surface area contributed by atoms with Crippen LogP contribution in [-0.2, 0) is 9.59 Å². The van der Waals surface area contributed by atoms with Crippen LogP contribution in [0.3, 0.4) is 0 Å². The van der Waals surface area contributed by atoms with Gasteiger partial charge < -0.3 is 10.1 Å². The number of halogens is 1. The van der Waals surface area contributed by atoms with Gasteiger partial charge in [0.05, 0.1) is 0 Å². The van der Waals surface area contributed by atoms with Crippen molar-refractivity contribution in [3.05, 3.63) is 14.8 Å². The molecule has 0 aliphatic carbocycles. The molecule has 0 unspecified atom stereocenters. The molecule has 1 heterocycles. The number of carbonyl (C=O) groups excluding carboxylic acids is 2. The van der Waals surface area contributed by atoms with Gasteiger partial charge in [0, 0.05) is 0 Å². The van der Waals surface area contributed by atoms with Gasteiger partial charge in [0.2, 0.25) is 6.41 Å². The predicted octanol–water partition coefficient (Wildman–Crippen LogP) is 0.0540. The lowest BCUT2D eigenvalue weighted by molar-refractivity contribution is -0.131. The maximum atomic E-state index is 10.9. The van der Waals surface area contributed by atoms with E-state index in [4.69, 9.17) is 16.7 Å². The number of nitrogens with zero attached hydrogens (tertiary/aromatic N) is 1. The zero-order chi connectivity index (χ0) is 10.7. The quantitative estimate of drug-likeness (QED) is 0.439. The SMILES string of the molecule is O=C/N=c1/[nH]c(C(=O)C(=O)O)c(Cl)s1.